The molecule has 14 heavy (non-hydrogen) atoms. The van der Waals surface area contributed by atoms with Gasteiger partial charge in [0, 0.05) is 18.0 Å². The molecule has 0 fully saturated rings. The van der Waals surface area contributed by atoms with Crippen molar-refractivity contribution < 1.29 is 0 Å². The van der Waals surface area contributed by atoms with E-state index in [-0.39, 0.29) is 0 Å². The molecule has 1 aromatic rings. The van der Waals surface area contributed by atoms with Crippen molar-refractivity contribution in [3.05, 3.63) is 16.1 Å². The van der Waals surface area contributed by atoms with E-state index in [1.165, 1.54) is 30.0 Å². The number of rotatable bonds is 0. The summed E-state index contributed by atoms with van der Waals surface area (Å²) in [6.45, 7) is 4.30. The van der Waals surface area contributed by atoms with Crippen molar-refractivity contribution >= 4 is 11.3 Å². The van der Waals surface area contributed by atoms with Gasteiger partial charge in [-0.2, -0.15) is 0 Å². The summed E-state index contributed by atoms with van der Waals surface area (Å²) in [5, 5.41) is 3.44. The molecule has 0 saturated heterocycles. The van der Waals surface area contributed by atoms with Crippen molar-refractivity contribution in [3.63, 3.8) is 0 Å². The van der Waals surface area contributed by atoms with Crippen LogP contribution in [0.3, 0.4) is 0 Å². The van der Waals surface area contributed by atoms with Crippen LogP contribution < -0.4 is 5.32 Å². The first-order valence-corrected chi connectivity index (χ1v) is 6.05. The van der Waals surface area contributed by atoms with Crippen molar-refractivity contribution in [1.82, 2.24) is 15.2 Å². The Hall–Kier alpha value is -0.450. The maximum absolute atomic E-state index is 4.39. The maximum Gasteiger partial charge on any atom is 0.0798 e. The van der Waals surface area contributed by atoms with Gasteiger partial charge in [-0.15, -0.1) is 11.3 Å². The average Bonchev–Trinajstić information content (AvgIpc) is 2.59. The maximum atomic E-state index is 4.39. The Labute approximate surface area is 89.1 Å². The third-order valence-corrected chi connectivity index (χ3v) is 3.43. The highest BCUT2D eigenvalue weighted by molar-refractivity contribution is 7.09. The SMILES string of the molecule is CN1CCCCNCc2ncsc2C1. The molecule has 1 N–H and O–H groups in total. The van der Waals surface area contributed by atoms with Gasteiger partial charge in [0.05, 0.1) is 11.2 Å². The molecule has 1 aliphatic heterocycles. The van der Waals surface area contributed by atoms with Gasteiger partial charge >= 0.3 is 0 Å². The summed E-state index contributed by atoms with van der Waals surface area (Å²) >= 11 is 1.77. The summed E-state index contributed by atoms with van der Waals surface area (Å²) in [6, 6.07) is 0. The Balaban J connectivity index is 2.08. The van der Waals surface area contributed by atoms with Gasteiger partial charge < -0.3 is 10.2 Å². The molecule has 78 valence electrons. The fraction of sp³-hybridized carbons (Fsp3) is 0.700. The summed E-state index contributed by atoms with van der Waals surface area (Å²) in [7, 11) is 2.19. The van der Waals surface area contributed by atoms with E-state index >= 15 is 0 Å². The van der Waals surface area contributed by atoms with Crippen molar-refractivity contribution in [3.8, 4) is 0 Å². The van der Waals surface area contributed by atoms with Crippen molar-refractivity contribution in [2.75, 3.05) is 20.1 Å². The van der Waals surface area contributed by atoms with Crippen molar-refractivity contribution in [2.45, 2.75) is 25.9 Å². The third-order valence-electron chi connectivity index (χ3n) is 2.57. The van der Waals surface area contributed by atoms with Gasteiger partial charge in [-0.25, -0.2) is 4.98 Å². The number of nitrogens with one attached hydrogen (secondary N) is 1. The smallest absolute Gasteiger partial charge is 0.0798 e. The van der Waals surface area contributed by atoms with Gasteiger partial charge in [-0.1, -0.05) is 0 Å². The van der Waals surface area contributed by atoms with Gasteiger partial charge in [-0.3, -0.25) is 0 Å². The molecule has 1 aliphatic rings. The van der Waals surface area contributed by atoms with Crippen molar-refractivity contribution in [2.24, 2.45) is 0 Å². The van der Waals surface area contributed by atoms with E-state index < -0.39 is 0 Å². The fourth-order valence-electron chi connectivity index (χ4n) is 1.73. The molecule has 0 amide bonds. The predicted octanol–water partition coefficient (Wildman–Crippen LogP) is 1.46. The molecule has 3 nitrogen and oxygen atoms in total. The molecule has 0 atom stereocenters. The highest BCUT2D eigenvalue weighted by Crippen LogP contribution is 2.16. The second-order valence-electron chi connectivity index (χ2n) is 3.84. The molecule has 2 heterocycles. The summed E-state index contributed by atoms with van der Waals surface area (Å²) in [4.78, 5) is 8.20. The van der Waals surface area contributed by atoms with Crippen LogP contribution in [0.4, 0.5) is 0 Å². The van der Waals surface area contributed by atoms with Crippen LogP contribution in [0.25, 0.3) is 0 Å². The highest BCUT2D eigenvalue weighted by Gasteiger charge is 2.09. The average molecular weight is 211 g/mol. The lowest BCUT2D eigenvalue weighted by Gasteiger charge is -2.18. The molecule has 2 rings (SSSR count). The first kappa shape index (κ1) is 10.1. The molecule has 0 bridgehead atoms. The van der Waals surface area contributed by atoms with Gasteiger partial charge in [0.1, 0.15) is 0 Å². The molecule has 1 aromatic heterocycles. The van der Waals surface area contributed by atoms with Crippen LogP contribution >= 0.6 is 11.3 Å². The second-order valence-corrected chi connectivity index (χ2v) is 4.78. The van der Waals surface area contributed by atoms with E-state index in [0.717, 1.165) is 19.6 Å². The monoisotopic (exact) mass is 211 g/mol. The van der Waals surface area contributed by atoms with E-state index in [1.54, 1.807) is 11.3 Å². The Bertz CT molecular complexity index is 285. The Morgan fingerprint density at radius 2 is 2.43 bits per heavy atom. The summed E-state index contributed by atoms with van der Waals surface area (Å²) in [6.07, 6.45) is 2.56. The van der Waals surface area contributed by atoms with Gasteiger partial charge in [0.2, 0.25) is 0 Å². The Morgan fingerprint density at radius 1 is 1.50 bits per heavy atom. The molecular formula is C10H17N3S. The lowest BCUT2D eigenvalue weighted by molar-refractivity contribution is 0.316. The summed E-state index contributed by atoms with van der Waals surface area (Å²) in [5.41, 5.74) is 3.20. The number of nitrogens with zero attached hydrogens (tertiary/aromatic N) is 2. The van der Waals surface area contributed by atoms with E-state index in [2.05, 4.69) is 22.2 Å². The molecule has 0 aliphatic carbocycles. The van der Waals surface area contributed by atoms with E-state index in [0.29, 0.717) is 0 Å². The second kappa shape index (κ2) is 4.87. The topological polar surface area (TPSA) is 28.2 Å². The molecule has 0 unspecified atom stereocenters. The number of hydrogen-bond donors (Lipinski definition) is 1. The lowest BCUT2D eigenvalue weighted by atomic mass is 10.2. The number of aromatic nitrogens is 1. The minimum absolute atomic E-state index is 0.937. The molecule has 0 saturated carbocycles. The summed E-state index contributed by atoms with van der Waals surface area (Å²) in [5.74, 6) is 0. The Morgan fingerprint density at radius 3 is 3.36 bits per heavy atom. The molecule has 0 aromatic carbocycles. The van der Waals surface area contributed by atoms with Crippen LogP contribution in [0.2, 0.25) is 0 Å². The van der Waals surface area contributed by atoms with E-state index in [9.17, 15) is 0 Å². The molecule has 0 spiro atoms. The number of thiazole rings is 1. The van der Waals surface area contributed by atoms with E-state index in [1.807, 2.05) is 5.51 Å². The first-order valence-electron chi connectivity index (χ1n) is 5.17. The quantitative estimate of drug-likeness (QED) is 0.704. The van der Waals surface area contributed by atoms with Crippen LogP contribution in [0.5, 0.6) is 0 Å². The minimum Gasteiger partial charge on any atom is -0.311 e. The standard InChI is InChI=1S/C10H17N3S/c1-13-5-3-2-4-11-6-9-10(7-13)14-8-12-9/h8,11H,2-7H2,1H3. The highest BCUT2D eigenvalue weighted by atomic mass is 32.1. The van der Waals surface area contributed by atoms with Gasteiger partial charge in [0.15, 0.2) is 0 Å². The zero-order chi connectivity index (χ0) is 9.80. The van der Waals surface area contributed by atoms with E-state index in [4.69, 9.17) is 0 Å². The zero-order valence-electron chi connectivity index (χ0n) is 8.62. The van der Waals surface area contributed by atoms with Gasteiger partial charge in [0.25, 0.3) is 0 Å². The zero-order valence-corrected chi connectivity index (χ0v) is 9.44. The van der Waals surface area contributed by atoms with Crippen molar-refractivity contribution in [1.29, 1.82) is 0 Å². The Kier molecular flexibility index (Phi) is 3.50. The third kappa shape index (κ3) is 2.53. The van der Waals surface area contributed by atoms with Gasteiger partial charge in [-0.05, 0) is 33.0 Å². The van der Waals surface area contributed by atoms with Crippen LogP contribution in [0.15, 0.2) is 5.51 Å². The van der Waals surface area contributed by atoms with Crippen LogP contribution in [0.1, 0.15) is 23.4 Å². The molecular weight excluding hydrogens is 194 g/mol. The number of hydrogen-bond acceptors (Lipinski definition) is 4. The normalized spacial score (nSPS) is 20.4. The molecule has 0 radical (unpaired) electrons. The molecule has 4 heteroatoms. The van der Waals surface area contributed by atoms with Crippen LogP contribution in [-0.4, -0.2) is 30.0 Å². The van der Waals surface area contributed by atoms with Crippen LogP contribution in [-0.2, 0) is 13.1 Å². The minimum atomic E-state index is 0.937. The van der Waals surface area contributed by atoms with Crippen LogP contribution in [0, 0.1) is 0 Å². The lowest BCUT2D eigenvalue weighted by Crippen LogP contribution is -2.24. The fourth-order valence-corrected chi connectivity index (χ4v) is 2.59. The summed E-state index contributed by atoms with van der Waals surface area (Å²) < 4.78 is 0. The predicted molar refractivity (Wildman–Crippen MR) is 59.4 cm³/mol. The number of fused-ring (bicyclic) bond motifs is 1. The largest absolute Gasteiger partial charge is 0.311 e. The first-order chi connectivity index (χ1) is 6.86.